The fourth-order valence-corrected chi connectivity index (χ4v) is 3.59. The van der Waals surface area contributed by atoms with Crippen LogP contribution in [0.15, 0.2) is 85.2 Å². The molecule has 0 aliphatic rings. The summed E-state index contributed by atoms with van der Waals surface area (Å²) in [6, 6.07) is 18.6. The van der Waals surface area contributed by atoms with Gasteiger partial charge >= 0.3 is 6.18 Å². The third-order valence-corrected chi connectivity index (χ3v) is 5.22. The predicted molar refractivity (Wildman–Crippen MR) is 120 cm³/mol. The van der Waals surface area contributed by atoms with Gasteiger partial charge in [0.1, 0.15) is 17.1 Å². The minimum absolute atomic E-state index is 0.133. The first kappa shape index (κ1) is 20.6. The molecule has 33 heavy (non-hydrogen) atoms. The lowest BCUT2D eigenvalue weighted by Crippen LogP contribution is -2.13. The highest BCUT2D eigenvalue weighted by atomic mass is 19.4. The number of alkyl halides is 3. The number of fused-ring (bicyclic) bond motifs is 2. The van der Waals surface area contributed by atoms with Crippen LogP contribution in [0.1, 0.15) is 15.9 Å². The zero-order valence-corrected chi connectivity index (χ0v) is 17.0. The number of aromatic nitrogens is 2. The van der Waals surface area contributed by atoms with Gasteiger partial charge in [-0.1, -0.05) is 12.1 Å². The summed E-state index contributed by atoms with van der Waals surface area (Å²) < 4.78 is 44.3. The second-order valence-electron chi connectivity index (χ2n) is 7.37. The molecular weight excluding hydrogens is 431 g/mol. The van der Waals surface area contributed by atoms with Gasteiger partial charge in [-0.15, -0.1) is 0 Å². The predicted octanol–water partition coefficient (Wildman–Crippen LogP) is 6.78. The second-order valence-corrected chi connectivity index (χ2v) is 7.37. The van der Waals surface area contributed by atoms with Crippen molar-refractivity contribution in [2.45, 2.75) is 6.18 Å². The molecule has 0 spiro atoms. The second kappa shape index (κ2) is 7.98. The van der Waals surface area contributed by atoms with Gasteiger partial charge in [-0.25, -0.2) is 4.98 Å². The number of carbonyl (C=O) groups is 1. The molecule has 0 aliphatic heterocycles. The highest BCUT2D eigenvalue weighted by Gasteiger charge is 2.30. The molecule has 5 rings (SSSR count). The third-order valence-electron chi connectivity index (χ3n) is 5.22. The Hall–Kier alpha value is -4.33. The summed E-state index contributed by atoms with van der Waals surface area (Å²) in [5.74, 6) is 0.776. The Kier molecular flexibility index (Phi) is 4.97. The number of hydrogen-bond acceptors (Lipinski definition) is 3. The summed E-state index contributed by atoms with van der Waals surface area (Å²) in [6.45, 7) is 0. The van der Waals surface area contributed by atoms with Crippen LogP contribution in [0, 0.1) is 0 Å². The van der Waals surface area contributed by atoms with Crippen LogP contribution in [0.2, 0.25) is 0 Å². The van der Waals surface area contributed by atoms with Gasteiger partial charge in [-0.05, 0) is 66.0 Å². The molecule has 2 aromatic heterocycles. The first-order chi connectivity index (χ1) is 15.9. The van der Waals surface area contributed by atoms with E-state index >= 15 is 0 Å². The molecule has 0 bridgehead atoms. The molecule has 5 aromatic rings. The molecule has 1 amide bonds. The van der Waals surface area contributed by atoms with Crippen LogP contribution in [-0.2, 0) is 6.18 Å². The van der Waals surface area contributed by atoms with Crippen LogP contribution in [0.5, 0.6) is 11.5 Å². The molecule has 0 saturated heterocycles. The minimum atomic E-state index is -4.45. The average molecular weight is 447 g/mol. The Labute approximate surface area is 185 Å². The van der Waals surface area contributed by atoms with Crippen molar-refractivity contribution in [3.8, 4) is 11.5 Å². The fourth-order valence-electron chi connectivity index (χ4n) is 3.59. The van der Waals surface area contributed by atoms with E-state index in [-0.39, 0.29) is 5.56 Å². The summed E-state index contributed by atoms with van der Waals surface area (Å²) in [7, 11) is 0. The lowest BCUT2D eigenvalue weighted by molar-refractivity contribution is -0.137. The molecule has 0 aliphatic carbocycles. The van der Waals surface area contributed by atoms with E-state index < -0.39 is 17.6 Å². The largest absolute Gasteiger partial charge is 0.457 e. The van der Waals surface area contributed by atoms with Crippen LogP contribution in [0.25, 0.3) is 21.8 Å². The maximum atomic E-state index is 12.8. The van der Waals surface area contributed by atoms with Crippen molar-refractivity contribution < 1.29 is 22.7 Å². The summed E-state index contributed by atoms with van der Waals surface area (Å²) in [5.41, 5.74) is 0.596. The summed E-state index contributed by atoms with van der Waals surface area (Å²) in [4.78, 5) is 19.9. The molecule has 0 atom stereocenters. The summed E-state index contributed by atoms with van der Waals surface area (Å²) >= 11 is 0. The van der Waals surface area contributed by atoms with E-state index in [4.69, 9.17) is 4.74 Å². The van der Waals surface area contributed by atoms with Crippen LogP contribution in [0.4, 0.5) is 18.9 Å². The first-order valence-electron chi connectivity index (χ1n) is 10.00. The van der Waals surface area contributed by atoms with Crippen LogP contribution in [-0.4, -0.2) is 15.9 Å². The first-order valence-corrected chi connectivity index (χ1v) is 10.00. The molecule has 8 heteroatoms. The van der Waals surface area contributed by atoms with Gasteiger partial charge in [-0.2, -0.15) is 13.2 Å². The number of hydrogen-bond donors (Lipinski definition) is 2. The molecule has 5 nitrogen and oxygen atoms in total. The maximum absolute atomic E-state index is 12.8. The fraction of sp³-hybridized carbons (Fsp3) is 0.0400. The van der Waals surface area contributed by atoms with Gasteiger partial charge in [0.25, 0.3) is 5.91 Å². The number of nitrogens with zero attached hydrogens (tertiary/aromatic N) is 1. The highest BCUT2D eigenvalue weighted by molar-refractivity contribution is 6.09. The topological polar surface area (TPSA) is 67.0 Å². The molecule has 2 N–H and O–H groups in total. The van der Waals surface area contributed by atoms with E-state index in [2.05, 4.69) is 15.3 Å². The number of benzene rings is 3. The Morgan fingerprint density at radius 3 is 2.55 bits per heavy atom. The van der Waals surface area contributed by atoms with E-state index in [1.54, 1.807) is 36.7 Å². The number of nitrogens with one attached hydrogen (secondary N) is 2. The van der Waals surface area contributed by atoms with E-state index in [1.165, 1.54) is 0 Å². The number of carbonyl (C=O) groups excluding carboxylic acids is 1. The SMILES string of the molecule is O=C(Nc1cccc2cc(Oc3ccnc4[nH]ccc34)ccc12)c1ccc(C(F)(F)F)cc1. The molecule has 164 valence electrons. The molecular formula is C25H16F3N3O2. The lowest BCUT2D eigenvalue weighted by Gasteiger charge is -2.12. The molecule has 0 unspecified atom stereocenters. The van der Waals surface area contributed by atoms with Crippen molar-refractivity contribution in [3.63, 3.8) is 0 Å². The monoisotopic (exact) mass is 447 g/mol. The Balaban J connectivity index is 1.39. The van der Waals surface area contributed by atoms with Crippen LogP contribution >= 0.6 is 0 Å². The maximum Gasteiger partial charge on any atom is 0.416 e. The number of rotatable bonds is 4. The molecule has 2 heterocycles. The average Bonchev–Trinajstić information content (AvgIpc) is 3.29. The van der Waals surface area contributed by atoms with Crippen molar-refractivity contribution in [2.75, 3.05) is 5.32 Å². The number of pyridine rings is 1. The molecule has 0 fully saturated rings. The van der Waals surface area contributed by atoms with Gasteiger partial charge in [0.15, 0.2) is 0 Å². The number of amides is 1. The number of aromatic amines is 1. The smallest absolute Gasteiger partial charge is 0.416 e. The Morgan fingerprint density at radius 2 is 1.76 bits per heavy atom. The van der Waals surface area contributed by atoms with E-state index in [0.29, 0.717) is 17.2 Å². The number of H-pyrrole nitrogens is 1. The van der Waals surface area contributed by atoms with Gasteiger partial charge in [0.2, 0.25) is 0 Å². The summed E-state index contributed by atoms with van der Waals surface area (Å²) in [6.07, 6.45) is -1.01. The number of halogens is 3. The van der Waals surface area contributed by atoms with Gasteiger partial charge < -0.3 is 15.0 Å². The van der Waals surface area contributed by atoms with Crippen molar-refractivity contribution in [1.82, 2.24) is 9.97 Å². The Morgan fingerprint density at radius 1 is 0.939 bits per heavy atom. The van der Waals surface area contributed by atoms with Crippen molar-refractivity contribution >= 4 is 33.4 Å². The minimum Gasteiger partial charge on any atom is -0.457 e. The molecule has 0 saturated carbocycles. The highest BCUT2D eigenvalue weighted by Crippen LogP contribution is 2.33. The Bertz CT molecular complexity index is 1470. The summed E-state index contributed by atoms with van der Waals surface area (Å²) in [5, 5.41) is 5.23. The zero-order valence-electron chi connectivity index (χ0n) is 17.0. The quantitative estimate of drug-likeness (QED) is 0.319. The van der Waals surface area contributed by atoms with Gasteiger partial charge in [0.05, 0.1) is 10.9 Å². The normalized spacial score (nSPS) is 11.6. The molecule has 0 radical (unpaired) electrons. The van der Waals surface area contributed by atoms with Gasteiger partial charge in [0, 0.05) is 29.0 Å². The van der Waals surface area contributed by atoms with E-state index in [9.17, 15) is 18.0 Å². The molecule has 3 aromatic carbocycles. The van der Waals surface area contributed by atoms with Crippen LogP contribution < -0.4 is 10.1 Å². The third kappa shape index (κ3) is 4.10. The van der Waals surface area contributed by atoms with E-state index in [0.717, 1.165) is 46.1 Å². The lowest BCUT2D eigenvalue weighted by atomic mass is 10.1. The standard InChI is InChI=1S/C25H16F3N3O2/c26-25(27,28)17-6-4-15(5-7-17)24(32)31-21-3-1-2-16-14-18(8-9-19(16)21)33-22-11-13-30-23-20(22)10-12-29-23/h1-14H,(H,29,30)(H,31,32). The van der Waals surface area contributed by atoms with Gasteiger partial charge in [-0.3, -0.25) is 4.79 Å². The van der Waals surface area contributed by atoms with Crippen molar-refractivity contribution in [1.29, 1.82) is 0 Å². The number of ether oxygens (including phenoxy) is 1. The zero-order chi connectivity index (χ0) is 23.0. The van der Waals surface area contributed by atoms with Crippen LogP contribution in [0.3, 0.4) is 0 Å². The number of anilines is 1. The van der Waals surface area contributed by atoms with Crippen molar-refractivity contribution in [2.24, 2.45) is 0 Å². The van der Waals surface area contributed by atoms with E-state index in [1.807, 2.05) is 24.3 Å². The van der Waals surface area contributed by atoms with Crippen molar-refractivity contribution in [3.05, 3.63) is 96.3 Å².